The first kappa shape index (κ1) is 12.7. The lowest BCUT2D eigenvalue weighted by molar-refractivity contribution is -0.156. The van der Waals surface area contributed by atoms with Crippen LogP contribution in [-0.4, -0.2) is 53.6 Å². The largest absolute Gasteiger partial charge is 0.333 e. The molecule has 5 nitrogen and oxygen atoms in total. The van der Waals surface area contributed by atoms with Crippen LogP contribution >= 0.6 is 0 Å². The van der Waals surface area contributed by atoms with Crippen LogP contribution < -0.4 is 0 Å². The maximum absolute atomic E-state index is 11.6. The van der Waals surface area contributed by atoms with E-state index in [0.717, 1.165) is 6.42 Å². The van der Waals surface area contributed by atoms with Crippen molar-refractivity contribution in [3.05, 3.63) is 0 Å². The van der Waals surface area contributed by atoms with E-state index in [0.29, 0.717) is 26.1 Å². The summed E-state index contributed by atoms with van der Waals surface area (Å²) in [4.78, 5) is 37.4. The summed E-state index contributed by atoms with van der Waals surface area (Å²) < 4.78 is 0. The molecule has 0 aromatic rings. The molecule has 1 saturated heterocycles. The van der Waals surface area contributed by atoms with E-state index in [2.05, 4.69) is 0 Å². The minimum absolute atomic E-state index is 0.0219. The molecular formula is C11H18N2O3. The monoisotopic (exact) mass is 226 g/mol. The Morgan fingerprint density at radius 2 is 1.69 bits per heavy atom. The quantitative estimate of drug-likeness (QED) is 0.622. The Labute approximate surface area is 95.4 Å². The van der Waals surface area contributed by atoms with Gasteiger partial charge in [0.1, 0.15) is 0 Å². The van der Waals surface area contributed by atoms with Crippen molar-refractivity contribution < 1.29 is 14.4 Å². The predicted molar refractivity (Wildman–Crippen MR) is 58.7 cm³/mol. The molecule has 1 heterocycles. The summed E-state index contributed by atoms with van der Waals surface area (Å²) in [7, 11) is 0. The average Bonchev–Trinajstić information content (AvgIpc) is 2.25. The third-order valence-corrected chi connectivity index (χ3v) is 2.67. The van der Waals surface area contributed by atoms with E-state index < -0.39 is 11.8 Å². The molecule has 0 aromatic carbocycles. The van der Waals surface area contributed by atoms with Gasteiger partial charge in [-0.15, -0.1) is 0 Å². The van der Waals surface area contributed by atoms with Crippen molar-refractivity contribution in [2.24, 2.45) is 0 Å². The molecule has 0 radical (unpaired) electrons. The zero-order valence-corrected chi connectivity index (χ0v) is 9.86. The second-order valence-electron chi connectivity index (χ2n) is 3.90. The van der Waals surface area contributed by atoms with Gasteiger partial charge in [-0.3, -0.25) is 14.4 Å². The van der Waals surface area contributed by atoms with Crippen LogP contribution in [-0.2, 0) is 14.4 Å². The number of ketones is 1. The number of amides is 2. The Hall–Kier alpha value is -1.39. The summed E-state index contributed by atoms with van der Waals surface area (Å²) in [5, 5.41) is 0. The number of carbonyl (C=O) groups is 3. The van der Waals surface area contributed by atoms with Crippen molar-refractivity contribution in [2.75, 3.05) is 26.2 Å². The smallest absolute Gasteiger partial charge is 0.312 e. The predicted octanol–water partition coefficient (Wildman–Crippen LogP) is 0.0463. The van der Waals surface area contributed by atoms with Crippen LogP contribution in [0.4, 0.5) is 0 Å². The number of likely N-dealkylation sites (N-methyl/N-ethyl adjacent to an activating group) is 1. The Morgan fingerprint density at radius 3 is 2.25 bits per heavy atom. The van der Waals surface area contributed by atoms with Crippen LogP contribution in [0, 0.1) is 0 Å². The van der Waals surface area contributed by atoms with Gasteiger partial charge in [-0.05, 0) is 13.3 Å². The van der Waals surface area contributed by atoms with E-state index >= 15 is 0 Å². The van der Waals surface area contributed by atoms with Crippen molar-refractivity contribution in [1.29, 1.82) is 0 Å². The fourth-order valence-corrected chi connectivity index (χ4v) is 1.74. The molecule has 0 atom stereocenters. The molecule has 1 fully saturated rings. The first-order chi connectivity index (χ1) is 7.60. The molecule has 0 N–H and O–H groups in total. The summed E-state index contributed by atoms with van der Waals surface area (Å²) in [6.45, 7) is 5.37. The van der Waals surface area contributed by atoms with Gasteiger partial charge in [0.15, 0.2) is 5.78 Å². The van der Waals surface area contributed by atoms with E-state index in [4.69, 9.17) is 0 Å². The highest BCUT2D eigenvalue weighted by Gasteiger charge is 2.32. The molecule has 0 aliphatic carbocycles. The van der Waals surface area contributed by atoms with Crippen LogP contribution in [0.25, 0.3) is 0 Å². The first-order valence-corrected chi connectivity index (χ1v) is 5.70. The van der Waals surface area contributed by atoms with E-state index in [1.165, 1.54) is 9.80 Å². The van der Waals surface area contributed by atoms with E-state index in [9.17, 15) is 14.4 Å². The van der Waals surface area contributed by atoms with Gasteiger partial charge in [0.2, 0.25) is 0 Å². The zero-order valence-electron chi connectivity index (χ0n) is 9.86. The molecule has 1 rings (SSSR count). The topological polar surface area (TPSA) is 57.7 Å². The van der Waals surface area contributed by atoms with E-state index in [1.807, 2.05) is 13.8 Å². The summed E-state index contributed by atoms with van der Waals surface area (Å²) in [5.41, 5.74) is 0. The van der Waals surface area contributed by atoms with Gasteiger partial charge in [0.05, 0.1) is 6.54 Å². The van der Waals surface area contributed by atoms with Crippen molar-refractivity contribution >= 4 is 17.6 Å². The van der Waals surface area contributed by atoms with Crippen LogP contribution in [0.2, 0.25) is 0 Å². The Bertz CT molecular complexity index is 302. The Balaban J connectivity index is 2.55. The molecule has 90 valence electrons. The Kier molecular flexibility index (Phi) is 4.46. The van der Waals surface area contributed by atoms with Crippen LogP contribution in [0.5, 0.6) is 0 Å². The van der Waals surface area contributed by atoms with Gasteiger partial charge in [0, 0.05) is 26.1 Å². The fraction of sp³-hybridized carbons (Fsp3) is 0.727. The fourth-order valence-electron chi connectivity index (χ4n) is 1.74. The van der Waals surface area contributed by atoms with E-state index in [-0.39, 0.29) is 12.3 Å². The Morgan fingerprint density at radius 1 is 1.12 bits per heavy atom. The molecule has 0 saturated carbocycles. The highest BCUT2D eigenvalue weighted by Crippen LogP contribution is 2.05. The van der Waals surface area contributed by atoms with Crippen LogP contribution in [0.3, 0.4) is 0 Å². The summed E-state index contributed by atoms with van der Waals surface area (Å²) in [6, 6.07) is 0. The highest BCUT2D eigenvalue weighted by atomic mass is 16.2. The van der Waals surface area contributed by atoms with Gasteiger partial charge in [-0.2, -0.15) is 0 Å². The van der Waals surface area contributed by atoms with Gasteiger partial charge in [-0.25, -0.2) is 0 Å². The van der Waals surface area contributed by atoms with Gasteiger partial charge >= 0.3 is 11.8 Å². The maximum atomic E-state index is 11.6. The van der Waals surface area contributed by atoms with Crippen LogP contribution in [0.15, 0.2) is 0 Å². The first-order valence-electron chi connectivity index (χ1n) is 5.70. The lowest BCUT2D eigenvalue weighted by Crippen LogP contribution is -2.55. The standard InChI is InChI=1S/C11H18N2O3/c1-3-5-9(14)8-13-7-6-12(4-2)10(15)11(13)16/h3-8H2,1-2H3. The molecule has 16 heavy (non-hydrogen) atoms. The SMILES string of the molecule is CCCC(=O)CN1CCN(CC)C(=O)C1=O. The molecule has 0 spiro atoms. The summed E-state index contributed by atoms with van der Waals surface area (Å²) in [6.07, 6.45) is 1.24. The number of nitrogens with zero attached hydrogens (tertiary/aromatic N) is 2. The molecule has 1 aliphatic rings. The zero-order chi connectivity index (χ0) is 12.1. The second kappa shape index (κ2) is 5.63. The number of hydrogen-bond acceptors (Lipinski definition) is 3. The van der Waals surface area contributed by atoms with Crippen molar-refractivity contribution in [1.82, 2.24) is 9.80 Å². The number of rotatable bonds is 5. The number of hydrogen-bond donors (Lipinski definition) is 0. The minimum atomic E-state index is -0.544. The normalized spacial score (nSPS) is 16.9. The molecule has 2 amide bonds. The van der Waals surface area contributed by atoms with Crippen molar-refractivity contribution in [2.45, 2.75) is 26.7 Å². The van der Waals surface area contributed by atoms with Gasteiger partial charge < -0.3 is 9.80 Å². The lowest BCUT2D eigenvalue weighted by atomic mass is 10.2. The number of carbonyl (C=O) groups excluding carboxylic acids is 3. The second-order valence-corrected chi connectivity index (χ2v) is 3.90. The lowest BCUT2D eigenvalue weighted by Gasteiger charge is -2.32. The maximum Gasteiger partial charge on any atom is 0.312 e. The van der Waals surface area contributed by atoms with Gasteiger partial charge in [-0.1, -0.05) is 6.92 Å². The molecular weight excluding hydrogens is 208 g/mol. The summed E-state index contributed by atoms with van der Waals surface area (Å²) in [5.74, 6) is -1.01. The number of piperazine rings is 1. The number of Topliss-reactive ketones (excluding diaryl/α,β-unsaturated/α-hetero) is 1. The third kappa shape index (κ3) is 2.81. The minimum Gasteiger partial charge on any atom is -0.333 e. The van der Waals surface area contributed by atoms with Crippen LogP contribution in [0.1, 0.15) is 26.7 Å². The molecule has 1 aliphatic heterocycles. The van der Waals surface area contributed by atoms with Crippen molar-refractivity contribution in [3.63, 3.8) is 0 Å². The molecule has 0 bridgehead atoms. The molecule has 0 aromatic heterocycles. The average molecular weight is 226 g/mol. The van der Waals surface area contributed by atoms with Crippen molar-refractivity contribution in [3.8, 4) is 0 Å². The molecule has 0 unspecified atom stereocenters. The van der Waals surface area contributed by atoms with Gasteiger partial charge in [0.25, 0.3) is 0 Å². The summed E-state index contributed by atoms with van der Waals surface area (Å²) >= 11 is 0. The highest BCUT2D eigenvalue weighted by molar-refractivity contribution is 6.35. The van der Waals surface area contributed by atoms with E-state index in [1.54, 1.807) is 0 Å². The third-order valence-electron chi connectivity index (χ3n) is 2.67. The molecule has 5 heteroatoms.